The van der Waals surface area contributed by atoms with Crippen LogP contribution in [0.4, 0.5) is 3.89 Å². The van der Waals surface area contributed by atoms with Gasteiger partial charge in [0.15, 0.2) is 0 Å². The maximum atomic E-state index is 12.3. The fourth-order valence-electron chi connectivity index (χ4n) is 1.29. The van der Waals surface area contributed by atoms with E-state index in [1.54, 1.807) is 6.92 Å². The Labute approximate surface area is 65.8 Å². The number of ether oxygens (including phenoxy) is 1. The van der Waals surface area contributed by atoms with Crippen molar-refractivity contribution in [3.63, 3.8) is 0 Å². The Hall–Kier alpha value is -0.160. The first-order chi connectivity index (χ1) is 4.90. The van der Waals surface area contributed by atoms with Crippen molar-refractivity contribution in [1.29, 1.82) is 0 Å². The van der Waals surface area contributed by atoms with Gasteiger partial charge in [-0.2, -0.15) is 8.42 Å². The summed E-state index contributed by atoms with van der Waals surface area (Å²) in [5.41, 5.74) is -0.484. The van der Waals surface area contributed by atoms with Gasteiger partial charge in [-0.05, 0) is 6.42 Å². The second-order valence-corrected chi connectivity index (χ2v) is 4.78. The number of halogens is 1. The van der Waals surface area contributed by atoms with E-state index in [1.165, 1.54) is 7.11 Å². The fraction of sp³-hybridized carbons (Fsp3) is 1.00. The second kappa shape index (κ2) is 2.42. The van der Waals surface area contributed by atoms with Crippen LogP contribution in [0.25, 0.3) is 0 Å². The molecule has 0 heterocycles. The molecule has 0 aromatic carbocycles. The van der Waals surface area contributed by atoms with Crippen molar-refractivity contribution in [2.45, 2.75) is 18.6 Å². The SMILES string of the molecule is COCC1(C)CC1S(=O)(=O)F. The number of hydrogen-bond acceptors (Lipinski definition) is 3. The molecule has 11 heavy (non-hydrogen) atoms. The van der Waals surface area contributed by atoms with Crippen LogP contribution >= 0.6 is 0 Å². The van der Waals surface area contributed by atoms with E-state index in [1.807, 2.05) is 0 Å². The van der Waals surface area contributed by atoms with E-state index in [0.29, 0.717) is 13.0 Å². The predicted molar refractivity (Wildman–Crippen MR) is 38.4 cm³/mol. The third-order valence-corrected chi connectivity index (χ3v) is 3.50. The molecule has 0 aromatic heterocycles. The summed E-state index contributed by atoms with van der Waals surface area (Å²) in [7, 11) is -2.86. The molecule has 0 spiro atoms. The quantitative estimate of drug-likeness (QED) is 0.604. The summed E-state index contributed by atoms with van der Waals surface area (Å²) in [5.74, 6) is 0. The third kappa shape index (κ3) is 1.70. The van der Waals surface area contributed by atoms with Crippen molar-refractivity contribution in [2.75, 3.05) is 13.7 Å². The van der Waals surface area contributed by atoms with Crippen LogP contribution in [0.15, 0.2) is 0 Å². The van der Waals surface area contributed by atoms with Crippen molar-refractivity contribution in [3.05, 3.63) is 0 Å². The minimum absolute atomic E-state index is 0.306. The molecule has 1 saturated carbocycles. The average molecular weight is 182 g/mol. The number of rotatable bonds is 3. The molecular formula is C6H11FO3S. The predicted octanol–water partition coefficient (Wildman–Crippen LogP) is 0.711. The summed E-state index contributed by atoms with van der Waals surface area (Å²) >= 11 is 0. The van der Waals surface area contributed by atoms with Crippen LogP contribution in [0, 0.1) is 5.41 Å². The molecule has 0 aromatic rings. The fourth-order valence-corrected chi connectivity index (χ4v) is 2.61. The van der Waals surface area contributed by atoms with Crippen molar-refractivity contribution >= 4 is 10.2 Å². The molecule has 0 saturated heterocycles. The zero-order valence-electron chi connectivity index (χ0n) is 6.50. The summed E-state index contributed by atoms with van der Waals surface area (Å²) in [5, 5.41) is -0.838. The van der Waals surface area contributed by atoms with Crippen LogP contribution in [0.3, 0.4) is 0 Å². The summed E-state index contributed by atoms with van der Waals surface area (Å²) in [6.07, 6.45) is 0.375. The van der Waals surface area contributed by atoms with Crippen LogP contribution in [0.2, 0.25) is 0 Å². The van der Waals surface area contributed by atoms with E-state index in [2.05, 4.69) is 0 Å². The van der Waals surface area contributed by atoms with E-state index in [-0.39, 0.29) is 0 Å². The molecule has 2 atom stereocenters. The lowest BCUT2D eigenvalue weighted by molar-refractivity contribution is 0.150. The van der Waals surface area contributed by atoms with Crippen LogP contribution in [-0.2, 0) is 15.0 Å². The molecule has 3 nitrogen and oxygen atoms in total. The van der Waals surface area contributed by atoms with Crippen molar-refractivity contribution in [2.24, 2.45) is 5.41 Å². The lowest BCUT2D eigenvalue weighted by atomic mass is 10.2. The third-order valence-electron chi connectivity index (χ3n) is 2.08. The van der Waals surface area contributed by atoms with Gasteiger partial charge in [0.1, 0.15) is 0 Å². The topological polar surface area (TPSA) is 43.4 Å². The smallest absolute Gasteiger partial charge is 0.305 e. The van der Waals surface area contributed by atoms with Crippen molar-refractivity contribution in [3.8, 4) is 0 Å². The highest BCUT2D eigenvalue weighted by Gasteiger charge is 2.58. The zero-order valence-corrected chi connectivity index (χ0v) is 7.32. The van der Waals surface area contributed by atoms with Gasteiger partial charge in [-0.1, -0.05) is 6.92 Å². The molecule has 1 aliphatic carbocycles. The number of hydrogen-bond donors (Lipinski definition) is 0. The van der Waals surface area contributed by atoms with E-state index >= 15 is 0 Å². The summed E-state index contributed by atoms with van der Waals surface area (Å²) in [6, 6.07) is 0. The van der Waals surface area contributed by atoms with Gasteiger partial charge in [0.2, 0.25) is 0 Å². The Bertz CT molecular complexity index is 249. The van der Waals surface area contributed by atoms with Gasteiger partial charge in [-0.15, -0.1) is 3.89 Å². The first kappa shape index (κ1) is 8.93. The van der Waals surface area contributed by atoms with Crippen molar-refractivity contribution in [1.82, 2.24) is 0 Å². The van der Waals surface area contributed by atoms with E-state index < -0.39 is 20.9 Å². The van der Waals surface area contributed by atoms with Gasteiger partial charge in [-0.3, -0.25) is 0 Å². The van der Waals surface area contributed by atoms with E-state index in [0.717, 1.165) is 0 Å². The second-order valence-electron chi connectivity index (χ2n) is 3.26. The average Bonchev–Trinajstić information content (AvgIpc) is 2.41. The molecule has 0 radical (unpaired) electrons. The molecule has 66 valence electrons. The Morgan fingerprint density at radius 3 is 2.55 bits per heavy atom. The van der Waals surface area contributed by atoms with Crippen LogP contribution in [0.1, 0.15) is 13.3 Å². The molecule has 5 heteroatoms. The van der Waals surface area contributed by atoms with Crippen LogP contribution in [-0.4, -0.2) is 27.4 Å². The first-order valence-electron chi connectivity index (χ1n) is 3.32. The molecule has 1 fully saturated rings. The highest BCUT2D eigenvalue weighted by atomic mass is 32.3. The molecule has 0 aliphatic heterocycles. The molecule has 0 N–H and O–H groups in total. The Morgan fingerprint density at radius 1 is 1.73 bits per heavy atom. The van der Waals surface area contributed by atoms with Gasteiger partial charge in [0.05, 0.1) is 11.9 Å². The highest BCUT2D eigenvalue weighted by molar-refractivity contribution is 7.87. The standard InChI is InChI=1S/C6H11FO3S/c1-6(4-10-2)3-5(6)11(7,8)9/h5H,3-4H2,1-2H3. The van der Waals surface area contributed by atoms with Gasteiger partial charge in [0.25, 0.3) is 0 Å². The summed E-state index contributed by atoms with van der Waals surface area (Å²) < 4.78 is 37.8. The molecule has 1 aliphatic rings. The minimum Gasteiger partial charge on any atom is -0.384 e. The zero-order chi connectivity index (χ0) is 8.70. The number of methoxy groups -OCH3 is 1. The molecule has 1 rings (SSSR count). The molecule has 0 bridgehead atoms. The maximum Gasteiger partial charge on any atom is 0.305 e. The van der Waals surface area contributed by atoms with Crippen LogP contribution < -0.4 is 0 Å². The largest absolute Gasteiger partial charge is 0.384 e. The molecule has 0 amide bonds. The Kier molecular flexibility index (Phi) is 1.96. The van der Waals surface area contributed by atoms with Gasteiger partial charge in [-0.25, -0.2) is 0 Å². The van der Waals surface area contributed by atoms with Gasteiger partial charge < -0.3 is 4.74 Å². The van der Waals surface area contributed by atoms with E-state index in [4.69, 9.17) is 4.74 Å². The van der Waals surface area contributed by atoms with Crippen LogP contribution in [0.5, 0.6) is 0 Å². The monoisotopic (exact) mass is 182 g/mol. The normalized spacial score (nSPS) is 37.2. The van der Waals surface area contributed by atoms with Crippen molar-refractivity contribution < 1.29 is 17.0 Å². The van der Waals surface area contributed by atoms with Gasteiger partial charge in [0, 0.05) is 12.5 Å². The summed E-state index contributed by atoms with van der Waals surface area (Å²) in [6.45, 7) is 2.01. The minimum atomic E-state index is -4.34. The van der Waals surface area contributed by atoms with E-state index in [9.17, 15) is 12.3 Å². The Balaban J connectivity index is 2.60. The maximum absolute atomic E-state index is 12.3. The Morgan fingerprint density at radius 2 is 2.27 bits per heavy atom. The summed E-state index contributed by atoms with van der Waals surface area (Å²) in [4.78, 5) is 0. The molecule has 2 unspecified atom stereocenters. The van der Waals surface area contributed by atoms with Gasteiger partial charge >= 0.3 is 10.2 Å². The highest BCUT2D eigenvalue weighted by Crippen LogP contribution is 2.50. The molecular weight excluding hydrogens is 171 g/mol. The lowest BCUT2D eigenvalue weighted by Gasteiger charge is -2.05. The lowest BCUT2D eigenvalue weighted by Crippen LogP contribution is -2.14. The first-order valence-corrected chi connectivity index (χ1v) is 4.77.